The van der Waals surface area contributed by atoms with E-state index in [2.05, 4.69) is 135 Å². The second-order valence-corrected chi connectivity index (χ2v) is 18.9. The zero-order chi connectivity index (χ0) is 42.1. The number of pyridine rings is 2. The van der Waals surface area contributed by atoms with Gasteiger partial charge in [-0.2, -0.15) is 9.97 Å². The SMILES string of the molecule is C=C(/C=C(/C)C=C(C)C)P(c1cc(C)cc(C)c1)c1cc(OC)nc(OC)c1-c1c(P(c2cc(C)cc(C)c2)c2cc(C)cc(C)c2)cc(OC)nc1OC.CC. The molecule has 0 radical (unpaired) electrons. The minimum absolute atomic E-state index is 0.409. The van der Waals surface area contributed by atoms with E-state index < -0.39 is 15.8 Å². The molecule has 8 heteroatoms. The molecule has 0 fully saturated rings. The molecule has 57 heavy (non-hydrogen) atoms. The first-order chi connectivity index (χ1) is 27.1. The Labute approximate surface area is 344 Å². The van der Waals surface area contributed by atoms with Crippen molar-refractivity contribution in [1.82, 2.24) is 9.97 Å². The van der Waals surface area contributed by atoms with Crippen LogP contribution in [0.25, 0.3) is 11.1 Å². The van der Waals surface area contributed by atoms with Gasteiger partial charge in [0.05, 0.1) is 39.6 Å². The van der Waals surface area contributed by atoms with Crippen LogP contribution in [0.4, 0.5) is 0 Å². The summed E-state index contributed by atoms with van der Waals surface area (Å²) in [7, 11) is 4.10. The van der Waals surface area contributed by atoms with E-state index in [-0.39, 0.29) is 0 Å². The maximum atomic E-state index is 6.27. The highest BCUT2D eigenvalue weighted by Crippen LogP contribution is 2.51. The maximum absolute atomic E-state index is 6.27. The maximum Gasteiger partial charge on any atom is 0.225 e. The van der Waals surface area contributed by atoms with Crippen LogP contribution < -0.4 is 45.5 Å². The van der Waals surface area contributed by atoms with Gasteiger partial charge in [-0.05, 0) is 99.4 Å². The molecule has 5 aromatic rings. The molecule has 1 unspecified atom stereocenters. The topological polar surface area (TPSA) is 62.7 Å². The van der Waals surface area contributed by atoms with E-state index in [0.29, 0.717) is 23.5 Å². The summed E-state index contributed by atoms with van der Waals surface area (Å²) in [5.74, 6) is 1.73. The summed E-state index contributed by atoms with van der Waals surface area (Å²) in [5.41, 5.74) is 11.0. The van der Waals surface area contributed by atoms with Crippen LogP contribution in [-0.2, 0) is 0 Å². The first-order valence-electron chi connectivity index (χ1n) is 19.3. The molecule has 0 aliphatic heterocycles. The first-order valence-corrected chi connectivity index (χ1v) is 22.0. The number of allylic oxidation sites excluding steroid dienone is 5. The molecule has 0 aliphatic carbocycles. The van der Waals surface area contributed by atoms with Gasteiger partial charge in [-0.25, -0.2) is 0 Å². The van der Waals surface area contributed by atoms with Crippen molar-refractivity contribution in [1.29, 1.82) is 0 Å². The van der Waals surface area contributed by atoms with Crippen LogP contribution in [0.2, 0.25) is 0 Å². The normalized spacial score (nSPS) is 11.7. The highest BCUT2D eigenvalue weighted by Gasteiger charge is 2.33. The first kappa shape index (κ1) is 44.9. The minimum atomic E-state index is -1.29. The zero-order valence-electron chi connectivity index (χ0n) is 36.6. The third-order valence-corrected chi connectivity index (χ3v) is 13.7. The number of aromatic nitrogens is 2. The van der Waals surface area contributed by atoms with Crippen molar-refractivity contribution in [2.45, 2.75) is 76.2 Å². The van der Waals surface area contributed by atoms with Crippen molar-refractivity contribution in [3.63, 3.8) is 0 Å². The summed E-state index contributed by atoms with van der Waals surface area (Å²) in [6.45, 7) is 28.0. The van der Waals surface area contributed by atoms with Gasteiger partial charge in [0.2, 0.25) is 23.5 Å². The van der Waals surface area contributed by atoms with Gasteiger partial charge in [0.25, 0.3) is 0 Å². The molecule has 0 saturated carbocycles. The molecule has 2 heterocycles. The molecule has 6 nitrogen and oxygen atoms in total. The summed E-state index contributed by atoms with van der Waals surface area (Å²) in [6, 6.07) is 24.5. The van der Waals surface area contributed by atoms with Crippen molar-refractivity contribution in [3.05, 3.63) is 135 Å². The second kappa shape index (κ2) is 20.1. The van der Waals surface area contributed by atoms with Crippen LogP contribution in [0.1, 0.15) is 68.0 Å². The molecule has 300 valence electrons. The molecule has 5 rings (SSSR count). The lowest BCUT2D eigenvalue weighted by Gasteiger charge is -2.29. The van der Waals surface area contributed by atoms with Gasteiger partial charge in [-0.3, -0.25) is 0 Å². The van der Waals surface area contributed by atoms with Gasteiger partial charge < -0.3 is 18.9 Å². The van der Waals surface area contributed by atoms with Crippen molar-refractivity contribution in [2.24, 2.45) is 0 Å². The second-order valence-electron chi connectivity index (χ2n) is 14.4. The van der Waals surface area contributed by atoms with Crippen LogP contribution in [-0.4, -0.2) is 38.4 Å². The Hall–Kier alpha value is -4.76. The van der Waals surface area contributed by atoms with Gasteiger partial charge >= 0.3 is 0 Å². The standard InChI is InChI=1S/C47H54N2O4P2.C2H6/c1-28(2)15-29(3)19-36(10)54(37-20-30(4)16-31(5)21-37)40-26-42(50-11)48-46(52-13)44(40)45-41(27-43(51-12)49-47(45)53-14)55(38-22-32(6)17-33(7)23-38)39-24-34(8)18-35(9)25-39;1-2/h15-27H,10H2,1-9,11-14H3;1-2H3/b29-19-;. The summed E-state index contributed by atoms with van der Waals surface area (Å²) >= 11 is 0. The molecule has 1 atom stereocenters. The highest BCUT2D eigenvalue weighted by atomic mass is 31.1. The molecular weight excluding hydrogens is 742 g/mol. The number of ether oxygens (including phenoxy) is 4. The summed E-state index contributed by atoms with van der Waals surface area (Å²) in [5, 5.41) is 6.52. The Balaban J connectivity index is 0.00000354. The lowest BCUT2D eigenvalue weighted by atomic mass is 10.1. The quantitative estimate of drug-likeness (QED) is 0.0873. The van der Waals surface area contributed by atoms with Crippen molar-refractivity contribution in [3.8, 4) is 34.6 Å². The predicted octanol–water partition coefficient (Wildman–Crippen LogP) is 10.7. The van der Waals surface area contributed by atoms with E-state index in [4.69, 9.17) is 35.5 Å². The van der Waals surface area contributed by atoms with Gasteiger partial charge in [-0.1, -0.05) is 132 Å². The van der Waals surface area contributed by atoms with E-state index in [1.54, 1.807) is 28.4 Å². The van der Waals surface area contributed by atoms with Gasteiger partial charge in [0, 0.05) is 22.7 Å². The third kappa shape index (κ3) is 10.8. The van der Waals surface area contributed by atoms with Crippen molar-refractivity contribution < 1.29 is 18.9 Å². The minimum Gasteiger partial charge on any atom is -0.481 e. The molecule has 0 saturated heterocycles. The van der Waals surface area contributed by atoms with E-state index in [1.165, 1.54) is 49.6 Å². The monoisotopic (exact) mass is 802 g/mol. The molecule has 0 amide bonds. The Morgan fingerprint density at radius 3 is 1.25 bits per heavy atom. The number of hydrogen-bond donors (Lipinski definition) is 0. The van der Waals surface area contributed by atoms with Crippen LogP contribution in [0.5, 0.6) is 23.5 Å². The van der Waals surface area contributed by atoms with Crippen LogP contribution in [0.3, 0.4) is 0 Å². The van der Waals surface area contributed by atoms with E-state index in [1.807, 2.05) is 19.9 Å². The fourth-order valence-corrected chi connectivity index (χ4v) is 12.7. The number of nitrogens with zero attached hydrogens (tertiary/aromatic N) is 2. The molecule has 0 spiro atoms. The molecular formula is C49H60N2O4P2. The predicted molar refractivity (Wildman–Crippen MR) is 247 cm³/mol. The Morgan fingerprint density at radius 2 is 0.877 bits per heavy atom. The van der Waals surface area contributed by atoms with E-state index in [0.717, 1.165) is 37.9 Å². The van der Waals surface area contributed by atoms with Crippen LogP contribution >= 0.6 is 15.8 Å². The fourth-order valence-electron chi connectivity index (χ4n) is 7.25. The average Bonchev–Trinajstić information content (AvgIpc) is 3.13. The molecule has 0 bridgehead atoms. The zero-order valence-corrected chi connectivity index (χ0v) is 38.4. The number of aryl methyl sites for hydroxylation is 6. The van der Waals surface area contributed by atoms with E-state index >= 15 is 0 Å². The van der Waals surface area contributed by atoms with Gasteiger partial charge in [0.15, 0.2) is 0 Å². The van der Waals surface area contributed by atoms with Gasteiger partial charge in [0.1, 0.15) is 0 Å². The lowest BCUT2D eigenvalue weighted by molar-refractivity contribution is 0.362. The third-order valence-electron chi connectivity index (χ3n) is 9.01. The van der Waals surface area contributed by atoms with Crippen LogP contribution in [0.15, 0.2) is 102 Å². The molecule has 0 aliphatic rings. The van der Waals surface area contributed by atoms with Gasteiger partial charge in [-0.15, -0.1) is 0 Å². The Morgan fingerprint density at radius 1 is 0.509 bits per heavy atom. The number of methoxy groups -OCH3 is 4. The number of benzene rings is 3. The van der Waals surface area contributed by atoms with Crippen molar-refractivity contribution in [2.75, 3.05) is 28.4 Å². The Kier molecular flexibility index (Phi) is 15.8. The smallest absolute Gasteiger partial charge is 0.225 e. The highest BCUT2D eigenvalue weighted by molar-refractivity contribution is 7.80. The largest absolute Gasteiger partial charge is 0.481 e. The summed E-state index contributed by atoms with van der Waals surface area (Å²) < 4.78 is 24.4. The summed E-state index contributed by atoms with van der Waals surface area (Å²) in [4.78, 5) is 9.89. The number of rotatable bonds is 13. The average molecular weight is 803 g/mol. The van der Waals surface area contributed by atoms with Crippen molar-refractivity contribution >= 4 is 42.4 Å². The fraction of sp³-hybridized carbons (Fsp3) is 0.306. The molecule has 2 aromatic heterocycles. The summed E-state index contributed by atoms with van der Waals surface area (Å²) in [6.07, 6.45) is 4.38. The van der Waals surface area contributed by atoms with E-state index in [9.17, 15) is 0 Å². The van der Waals surface area contributed by atoms with Crippen LogP contribution in [0, 0.1) is 41.5 Å². The lowest BCUT2D eigenvalue weighted by Crippen LogP contribution is -2.26. The number of hydrogen-bond acceptors (Lipinski definition) is 6. The molecule has 0 N–H and O–H groups in total. The Bertz CT molecular complexity index is 2190. The molecule has 3 aromatic carbocycles.